The lowest BCUT2D eigenvalue weighted by molar-refractivity contribution is 0.138. The average Bonchev–Trinajstić information content (AvgIpc) is 2.84. The van der Waals surface area contributed by atoms with Gasteiger partial charge in [0.2, 0.25) is 0 Å². The Morgan fingerprint density at radius 2 is 2.05 bits per heavy atom. The Morgan fingerprint density at radius 1 is 1.30 bits per heavy atom. The van der Waals surface area contributed by atoms with E-state index in [9.17, 15) is 0 Å². The third kappa shape index (κ3) is 2.69. The number of hydrogen-bond acceptors (Lipinski definition) is 3. The van der Waals surface area contributed by atoms with Gasteiger partial charge in [-0.25, -0.2) is 0 Å². The largest absolute Gasteiger partial charge is 0.487 e. The molecule has 1 atom stereocenters. The maximum atomic E-state index is 6.41. The predicted molar refractivity (Wildman–Crippen MR) is 90.6 cm³/mol. The van der Waals surface area contributed by atoms with Crippen LogP contribution in [0.15, 0.2) is 31.8 Å². The van der Waals surface area contributed by atoms with Crippen molar-refractivity contribution in [1.29, 1.82) is 0 Å². The first kappa shape index (κ1) is 14.6. The van der Waals surface area contributed by atoms with E-state index in [-0.39, 0.29) is 11.6 Å². The molecule has 2 aromatic rings. The molecule has 1 unspecified atom stereocenters. The Hall–Kier alpha value is -0.360. The van der Waals surface area contributed by atoms with Gasteiger partial charge in [-0.3, -0.25) is 0 Å². The van der Waals surface area contributed by atoms with Gasteiger partial charge in [0.25, 0.3) is 0 Å². The van der Waals surface area contributed by atoms with Gasteiger partial charge in [0.15, 0.2) is 0 Å². The summed E-state index contributed by atoms with van der Waals surface area (Å²) < 4.78 is 8.07. The lowest BCUT2D eigenvalue weighted by atomic mass is 9.96. The Bertz CT molecular complexity index is 666. The molecule has 0 bridgehead atoms. The monoisotopic (exact) mass is 415 g/mol. The zero-order valence-corrected chi connectivity index (χ0v) is 15.2. The predicted octanol–water partition coefficient (Wildman–Crippen LogP) is 5.03. The summed E-state index contributed by atoms with van der Waals surface area (Å²) in [6.45, 7) is 4.22. The first-order valence-electron chi connectivity index (χ1n) is 6.38. The summed E-state index contributed by atoms with van der Waals surface area (Å²) >= 11 is 8.73. The van der Waals surface area contributed by atoms with Crippen LogP contribution in [0.3, 0.4) is 0 Å². The highest BCUT2D eigenvalue weighted by molar-refractivity contribution is 9.12. The molecule has 0 saturated carbocycles. The van der Waals surface area contributed by atoms with Crippen LogP contribution in [-0.4, -0.2) is 5.60 Å². The number of hydrogen-bond donors (Lipinski definition) is 1. The molecule has 1 aliphatic rings. The normalized spacial score (nSPS) is 17.6. The molecule has 1 aromatic heterocycles. The van der Waals surface area contributed by atoms with Crippen LogP contribution in [0.4, 0.5) is 0 Å². The Morgan fingerprint density at radius 3 is 2.70 bits per heavy atom. The lowest BCUT2D eigenvalue weighted by Gasteiger charge is -2.16. The molecule has 0 fully saturated rings. The third-order valence-corrected chi connectivity index (χ3v) is 5.85. The summed E-state index contributed by atoms with van der Waals surface area (Å²) in [7, 11) is 0. The van der Waals surface area contributed by atoms with E-state index in [0.717, 1.165) is 30.9 Å². The zero-order valence-electron chi connectivity index (χ0n) is 11.2. The minimum absolute atomic E-state index is 0.114. The van der Waals surface area contributed by atoms with Crippen molar-refractivity contribution in [3.63, 3.8) is 0 Å². The molecule has 3 rings (SSSR count). The van der Waals surface area contributed by atoms with Gasteiger partial charge in [-0.15, -0.1) is 11.3 Å². The summed E-state index contributed by atoms with van der Waals surface area (Å²) in [5.74, 6) is 0.983. The molecule has 106 valence electrons. The smallest absolute Gasteiger partial charge is 0.123 e. The van der Waals surface area contributed by atoms with E-state index in [2.05, 4.69) is 63.9 Å². The number of nitrogens with two attached hydrogens (primary N) is 1. The van der Waals surface area contributed by atoms with Crippen molar-refractivity contribution < 1.29 is 4.74 Å². The fourth-order valence-corrected chi connectivity index (χ4v) is 5.50. The SMILES string of the molecule is CC1(C)Cc2cc(C(N)c3cc(Br)sc3Br)ccc2O1. The van der Waals surface area contributed by atoms with Crippen molar-refractivity contribution in [3.05, 3.63) is 48.5 Å². The molecule has 2 nitrogen and oxygen atoms in total. The fraction of sp³-hybridized carbons (Fsp3) is 0.333. The summed E-state index contributed by atoms with van der Waals surface area (Å²) in [4.78, 5) is 0. The summed E-state index contributed by atoms with van der Waals surface area (Å²) in [6, 6.07) is 8.22. The third-order valence-electron chi connectivity index (χ3n) is 3.46. The van der Waals surface area contributed by atoms with Crippen LogP contribution in [0, 0.1) is 0 Å². The topological polar surface area (TPSA) is 35.2 Å². The molecule has 2 heterocycles. The van der Waals surface area contributed by atoms with Gasteiger partial charge >= 0.3 is 0 Å². The van der Waals surface area contributed by atoms with Crippen molar-refractivity contribution >= 4 is 43.2 Å². The molecule has 0 amide bonds. The maximum Gasteiger partial charge on any atom is 0.123 e. The highest BCUT2D eigenvalue weighted by Gasteiger charge is 2.30. The van der Waals surface area contributed by atoms with Gasteiger partial charge in [0, 0.05) is 6.42 Å². The molecule has 1 aromatic carbocycles. The minimum atomic E-state index is -0.124. The van der Waals surface area contributed by atoms with Crippen molar-refractivity contribution in [2.24, 2.45) is 5.73 Å². The molecule has 1 aliphatic heterocycles. The van der Waals surface area contributed by atoms with E-state index in [4.69, 9.17) is 10.5 Å². The fourth-order valence-electron chi connectivity index (χ4n) is 2.57. The number of benzene rings is 1. The van der Waals surface area contributed by atoms with Crippen LogP contribution in [0.2, 0.25) is 0 Å². The van der Waals surface area contributed by atoms with E-state index in [0.29, 0.717) is 0 Å². The second-order valence-electron chi connectivity index (χ2n) is 5.66. The summed E-state index contributed by atoms with van der Waals surface area (Å²) in [5.41, 5.74) is 9.77. The Labute approximate surface area is 139 Å². The summed E-state index contributed by atoms with van der Waals surface area (Å²) in [5, 5.41) is 0. The van der Waals surface area contributed by atoms with Crippen molar-refractivity contribution in [1.82, 2.24) is 0 Å². The number of halogens is 2. The first-order chi connectivity index (χ1) is 9.35. The molecule has 5 heteroatoms. The first-order valence-corrected chi connectivity index (χ1v) is 8.78. The van der Waals surface area contributed by atoms with Crippen molar-refractivity contribution in [2.75, 3.05) is 0 Å². The molecule has 0 saturated heterocycles. The molecule has 0 spiro atoms. The molecule has 20 heavy (non-hydrogen) atoms. The molecular weight excluding hydrogens is 402 g/mol. The van der Waals surface area contributed by atoms with Crippen molar-refractivity contribution in [3.8, 4) is 5.75 Å². The molecular formula is C15H15Br2NOS. The van der Waals surface area contributed by atoms with Crippen LogP contribution in [0.25, 0.3) is 0 Å². The number of thiophene rings is 1. The van der Waals surface area contributed by atoms with Crippen LogP contribution < -0.4 is 10.5 Å². The number of ether oxygens (including phenoxy) is 1. The molecule has 0 aliphatic carbocycles. The van der Waals surface area contributed by atoms with Gasteiger partial charge in [-0.1, -0.05) is 12.1 Å². The quantitative estimate of drug-likeness (QED) is 0.744. The Balaban J connectivity index is 1.95. The van der Waals surface area contributed by atoms with Crippen LogP contribution in [0.1, 0.15) is 36.6 Å². The molecule has 2 N–H and O–H groups in total. The lowest BCUT2D eigenvalue weighted by Crippen LogP contribution is -2.24. The van der Waals surface area contributed by atoms with Crippen molar-refractivity contribution in [2.45, 2.75) is 31.9 Å². The van der Waals surface area contributed by atoms with Gasteiger partial charge in [0.05, 0.1) is 13.6 Å². The average molecular weight is 417 g/mol. The van der Waals surface area contributed by atoms with Crippen LogP contribution in [0.5, 0.6) is 5.75 Å². The van der Waals surface area contributed by atoms with E-state index < -0.39 is 0 Å². The highest BCUT2D eigenvalue weighted by atomic mass is 79.9. The minimum Gasteiger partial charge on any atom is -0.487 e. The second-order valence-corrected chi connectivity index (χ2v) is 9.41. The van der Waals surface area contributed by atoms with E-state index in [1.54, 1.807) is 11.3 Å². The van der Waals surface area contributed by atoms with E-state index in [1.807, 2.05) is 6.07 Å². The van der Waals surface area contributed by atoms with E-state index >= 15 is 0 Å². The second kappa shape index (κ2) is 5.13. The van der Waals surface area contributed by atoms with Gasteiger partial charge in [-0.2, -0.15) is 0 Å². The standard InChI is InChI=1S/C15H15Br2NOS/c1-15(2)7-9-5-8(3-4-11(9)19-15)13(18)10-6-12(16)20-14(10)17/h3-6,13H,7,18H2,1-2H3. The maximum absolute atomic E-state index is 6.41. The number of rotatable bonds is 2. The van der Waals surface area contributed by atoms with Crippen LogP contribution in [-0.2, 0) is 6.42 Å². The van der Waals surface area contributed by atoms with Crippen LogP contribution >= 0.6 is 43.2 Å². The highest BCUT2D eigenvalue weighted by Crippen LogP contribution is 2.40. The Kier molecular flexibility index (Phi) is 3.73. The van der Waals surface area contributed by atoms with Gasteiger partial charge in [0.1, 0.15) is 11.4 Å². The van der Waals surface area contributed by atoms with Gasteiger partial charge in [-0.05, 0) is 74.5 Å². The summed E-state index contributed by atoms with van der Waals surface area (Å²) in [6.07, 6.45) is 0.928. The number of fused-ring (bicyclic) bond motifs is 1. The van der Waals surface area contributed by atoms with Gasteiger partial charge < -0.3 is 10.5 Å². The molecule has 0 radical (unpaired) electrons. The van der Waals surface area contributed by atoms with E-state index in [1.165, 1.54) is 5.56 Å². The zero-order chi connectivity index (χ0) is 14.5.